The summed E-state index contributed by atoms with van der Waals surface area (Å²) in [5.41, 5.74) is 7.39. The minimum Gasteiger partial charge on any atom is -0.399 e. The second kappa shape index (κ2) is 6.43. The Kier molecular flexibility index (Phi) is 5.20. The summed E-state index contributed by atoms with van der Waals surface area (Å²) < 4.78 is 0. The van der Waals surface area contributed by atoms with Gasteiger partial charge in [-0.15, -0.1) is 0 Å². The van der Waals surface area contributed by atoms with Crippen molar-refractivity contribution in [1.82, 2.24) is 5.32 Å². The molecular formula is C15H24N2O. The van der Waals surface area contributed by atoms with Gasteiger partial charge in [-0.2, -0.15) is 0 Å². The fourth-order valence-electron chi connectivity index (χ4n) is 1.63. The van der Waals surface area contributed by atoms with Crippen LogP contribution in [-0.4, -0.2) is 12.5 Å². The lowest BCUT2D eigenvalue weighted by atomic mass is 9.96. The Morgan fingerprint density at radius 2 is 1.94 bits per heavy atom. The van der Waals surface area contributed by atoms with Crippen LogP contribution in [0.4, 0.5) is 5.69 Å². The van der Waals surface area contributed by atoms with Crippen LogP contribution in [0.2, 0.25) is 0 Å². The smallest absolute Gasteiger partial charge is 0.227 e. The number of amides is 1. The lowest BCUT2D eigenvalue weighted by Crippen LogP contribution is -2.33. The molecular weight excluding hydrogens is 224 g/mol. The second-order valence-electron chi connectivity index (χ2n) is 5.36. The van der Waals surface area contributed by atoms with Crippen LogP contribution in [0.5, 0.6) is 0 Å². The number of rotatable bonds is 5. The normalized spacial score (nSPS) is 14.3. The zero-order valence-corrected chi connectivity index (χ0v) is 11.7. The van der Waals surface area contributed by atoms with Gasteiger partial charge in [-0.3, -0.25) is 4.79 Å². The van der Waals surface area contributed by atoms with Gasteiger partial charge in [-0.1, -0.05) is 32.9 Å². The summed E-state index contributed by atoms with van der Waals surface area (Å²) in [4.78, 5) is 12.0. The van der Waals surface area contributed by atoms with Crippen molar-refractivity contribution >= 4 is 11.6 Å². The number of carbonyl (C=O) groups excluding carboxylic acids is 1. The van der Waals surface area contributed by atoms with Crippen molar-refractivity contribution in [3.63, 3.8) is 0 Å². The van der Waals surface area contributed by atoms with Crippen LogP contribution in [0, 0.1) is 11.8 Å². The predicted octanol–water partition coefficient (Wildman–Crippen LogP) is 2.78. The lowest BCUT2D eigenvalue weighted by Gasteiger charge is -2.18. The number of nitrogens with one attached hydrogen (secondary N) is 1. The summed E-state index contributed by atoms with van der Waals surface area (Å²) in [5.74, 6) is 0.968. The van der Waals surface area contributed by atoms with E-state index in [0.29, 0.717) is 17.5 Å². The average Bonchev–Trinajstić information content (AvgIpc) is 2.34. The number of nitrogen functional groups attached to an aromatic ring is 1. The van der Waals surface area contributed by atoms with Crippen molar-refractivity contribution in [2.45, 2.75) is 33.6 Å². The highest BCUT2D eigenvalue weighted by Gasteiger charge is 2.16. The molecule has 0 saturated heterocycles. The molecule has 1 aromatic carbocycles. The van der Waals surface area contributed by atoms with Crippen LogP contribution in [0.15, 0.2) is 24.3 Å². The molecule has 0 fully saturated rings. The summed E-state index contributed by atoms with van der Waals surface area (Å²) in [7, 11) is 0. The van der Waals surface area contributed by atoms with Gasteiger partial charge in [0.2, 0.25) is 5.91 Å². The van der Waals surface area contributed by atoms with E-state index in [1.54, 1.807) is 0 Å². The van der Waals surface area contributed by atoms with E-state index in [1.807, 2.05) is 31.2 Å². The summed E-state index contributed by atoms with van der Waals surface area (Å²) in [5, 5.41) is 3.00. The lowest BCUT2D eigenvalue weighted by molar-refractivity contribution is -0.122. The van der Waals surface area contributed by atoms with E-state index in [0.717, 1.165) is 12.1 Å². The Hall–Kier alpha value is -1.51. The van der Waals surface area contributed by atoms with Crippen LogP contribution in [0.3, 0.4) is 0 Å². The highest BCUT2D eigenvalue weighted by Crippen LogP contribution is 2.18. The molecule has 18 heavy (non-hydrogen) atoms. The molecule has 0 aliphatic heterocycles. The van der Waals surface area contributed by atoms with Crippen LogP contribution in [0.25, 0.3) is 0 Å². The maximum atomic E-state index is 12.0. The van der Waals surface area contributed by atoms with Crippen LogP contribution in [0.1, 0.15) is 39.2 Å². The van der Waals surface area contributed by atoms with E-state index in [1.165, 1.54) is 0 Å². The van der Waals surface area contributed by atoms with Crippen molar-refractivity contribution in [3.05, 3.63) is 29.8 Å². The SMILES string of the molecule is CC(C(=O)NCC(C)C(C)C)c1cccc(N)c1. The fraction of sp³-hybridized carbons (Fsp3) is 0.533. The fourth-order valence-corrected chi connectivity index (χ4v) is 1.63. The first-order valence-corrected chi connectivity index (χ1v) is 6.55. The van der Waals surface area contributed by atoms with Crippen molar-refractivity contribution in [3.8, 4) is 0 Å². The summed E-state index contributed by atoms with van der Waals surface area (Å²) in [6.45, 7) is 9.11. The highest BCUT2D eigenvalue weighted by molar-refractivity contribution is 5.83. The number of anilines is 1. The quantitative estimate of drug-likeness (QED) is 0.787. The predicted molar refractivity (Wildman–Crippen MR) is 76.3 cm³/mol. The maximum absolute atomic E-state index is 12.0. The average molecular weight is 248 g/mol. The second-order valence-corrected chi connectivity index (χ2v) is 5.36. The number of nitrogens with two attached hydrogens (primary N) is 1. The molecule has 1 rings (SSSR count). The molecule has 0 aromatic heterocycles. The first-order chi connectivity index (χ1) is 8.41. The minimum absolute atomic E-state index is 0.0631. The number of hydrogen-bond donors (Lipinski definition) is 2. The van der Waals surface area contributed by atoms with Crippen LogP contribution in [-0.2, 0) is 4.79 Å². The third-order valence-electron chi connectivity index (χ3n) is 3.54. The Morgan fingerprint density at radius 3 is 2.50 bits per heavy atom. The Bertz CT molecular complexity index is 401. The number of carbonyl (C=O) groups is 1. The standard InChI is InChI=1S/C15H24N2O/c1-10(2)11(3)9-17-15(18)12(4)13-6-5-7-14(16)8-13/h5-8,10-12H,9,16H2,1-4H3,(H,17,18). The van der Waals surface area contributed by atoms with Gasteiger partial charge in [0.15, 0.2) is 0 Å². The van der Waals surface area contributed by atoms with Gasteiger partial charge in [0, 0.05) is 12.2 Å². The Morgan fingerprint density at radius 1 is 1.28 bits per heavy atom. The molecule has 2 atom stereocenters. The van der Waals surface area contributed by atoms with Gasteiger partial charge in [-0.25, -0.2) is 0 Å². The maximum Gasteiger partial charge on any atom is 0.227 e. The first-order valence-electron chi connectivity index (χ1n) is 6.55. The van der Waals surface area contributed by atoms with Crippen molar-refractivity contribution in [2.24, 2.45) is 11.8 Å². The summed E-state index contributed by atoms with van der Waals surface area (Å²) >= 11 is 0. The van der Waals surface area contributed by atoms with Crippen molar-refractivity contribution in [1.29, 1.82) is 0 Å². The Balaban J connectivity index is 2.57. The van der Waals surface area contributed by atoms with Gasteiger partial charge >= 0.3 is 0 Å². The van der Waals surface area contributed by atoms with E-state index >= 15 is 0 Å². The van der Waals surface area contributed by atoms with Gasteiger partial charge in [0.25, 0.3) is 0 Å². The monoisotopic (exact) mass is 248 g/mol. The van der Waals surface area contributed by atoms with E-state index < -0.39 is 0 Å². The van der Waals surface area contributed by atoms with Crippen LogP contribution < -0.4 is 11.1 Å². The van der Waals surface area contributed by atoms with Gasteiger partial charge in [-0.05, 0) is 36.5 Å². The molecule has 0 saturated carbocycles. The third-order valence-corrected chi connectivity index (χ3v) is 3.54. The van der Waals surface area contributed by atoms with E-state index in [-0.39, 0.29) is 11.8 Å². The molecule has 1 aromatic rings. The van der Waals surface area contributed by atoms with Crippen molar-refractivity contribution < 1.29 is 4.79 Å². The van der Waals surface area contributed by atoms with E-state index in [9.17, 15) is 4.79 Å². The molecule has 0 spiro atoms. The van der Waals surface area contributed by atoms with Crippen molar-refractivity contribution in [2.75, 3.05) is 12.3 Å². The molecule has 100 valence electrons. The number of benzene rings is 1. The molecule has 3 nitrogen and oxygen atoms in total. The molecule has 3 N–H and O–H groups in total. The highest BCUT2D eigenvalue weighted by atomic mass is 16.1. The molecule has 1 amide bonds. The molecule has 0 radical (unpaired) electrons. The topological polar surface area (TPSA) is 55.1 Å². The van der Waals surface area contributed by atoms with E-state index in [4.69, 9.17) is 5.73 Å². The number of hydrogen-bond acceptors (Lipinski definition) is 2. The molecule has 0 heterocycles. The molecule has 3 heteroatoms. The van der Waals surface area contributed by atoms with E-state index in [2.05, 4.69) is 26.1 Å². The zero-order valence-electron chi connectivity index (χ0n) is 11.7. The summed E-state index contributed by atoms with van der Waals surface area (Å²) in [6, 6.07) is 7.50. The molecule has 0 aliphatic rings. The zero-order chi connectivity index (χ0) is 13.7. The molecule has 0 bridgehead atoms. The van der Waals surface area contributed by atoms with Crippen LogP contribution >= 0.6 is 0 Å². The Labute approximate surface area is 110 Å². The minimum atomic E-state index is -0.159. The van der Waals surface area contributed by atoms with Gasteiger partial charge in [0.1, 0.15) is 0 Å². The van der Waals surface area contributed by atoms with Gasteiger partial charge in [0.05, 0.1) is 5.92 Å². The third kappa shape index (κ3) is 4.06. The first kappa shape index (κ1) is 14.6. The largest absolute Gasteiger partial charge is 0.399 e. The molecule has 0 aliphatic carbocycles. The summed E-state index contributed by atoms with van der Waals surface area (Å²) in [6.07, 6.45) is 0. The molecule has 2 unspecified atom stereocenters. The van der Waals surface area contributed by atoms with Gasteiger partial charge < -0.3 is 11.1 Å².